The van der Waals surface area contributed by atoms with Crippen LogP contribution in [-0.4, -0.2) is 24.2 Å². The number of carbonyl (C=O) groups is 1. The number of nitrogens with one attached hydrogen (secondary N) is 1. The van der Waals surface area contributed by atoms with Crippen molar-refractivity contribution in [2.45, 2.75) is 19.4 Å². The van der Waals surface area contributed by atoms with Crippen molar-refractivity contribution in [1.82, 2.24) is 5.32 Å². The second kappa shape index (κ2) is 7.30. The smallest absolute Gasteiger partial charge is 0.257 e. The number of hydrogen-bond donors (Lipinski definition) is 2. The van der Waals surface area contributed by atoms with Crippen LogP contribution in [0.2, 0.25) is 0 Å². The summed E-state index contributed by atoms with van der Waals surface area (Å²) in [6.45, 7) is 1.82. The summed E-state index contributed by atoms with van der Waals surface area (Å²) < 4.78 is 5.34. The number of aliphatic hydroxyl groups is 1. The van der Waals surface area contributed by atoms with Crippen LogP contribution in [0.4, 0.5) is 0 Å². The standard InChI is InChI=1S/C13H16N2O3/c1-10(16)11-5-2-3-6-12(11)18-9-13(17)15-8-4-7-14/h2-3,5-6,10,16H,4,8-9H2,1H3,(H,15,17). The summed E-state index contributed by atoms with van der Waals surface area (Å²) in [4.78, 5) is 11.4. The molecule has 0 fully saturated rings. The molecule has 0 radical (unpaired) electrons. The van der Waals surface area contributed by atoms with Gasteiger partial charge in [-0.15, -0.1) is 0 Å². The van der Waals surface area contributed by atoms with Gasteiger partial charge in [-0.25, -0.2) is 0 Å². The largest absolute Gasteiger partial charge is 0.483 e. The third kappa shape index (κ3) is 4.44. The van der Waals surface area contributed by atoms with E-state index in [-0.39, 0.29) is 18.9 Å². The van der Waals surface area contributed by atoms with E-state index < -0.39 is 6.10 Å². The van der Waals surface area contributed by atoms with Gasteiger partial charge in [0.05, 0.1) is 18.6 Å². The number of nitriles is 1. The van der Waals surface area contributed by atoms with Crippen molar-refractivity contribution in [1.29, 1.82) is 5.26 Å². The molecule has 1 atom stereocenters. The molecule has 5 heteroatoms. The minimum Gasteiger partial charge on any atom is -0.483 e. The topological polar surface area (TPSA) is 82.3 Å². The molecule has 0 aliphatic rings. The fraction of sp³-hybridized carbons (Fsp3) is 0.385. The highest BCUT2D eigenvalue weighted by Crippen LogP contribution is 2.24. The summed E-state index contributed by atoms with van der Waals surface area (Å²) in [6, 6.07) is 8.94. The summed E-state index contributed by atoms with van der Waals surface area (Å²) in [5, 5.41) is 20.4. The molecular formula is C13H16N2O3. The highest BCUT2D eigenvalue weighted by atomic mass is 16.5. The maximum atomic E-state index is 11.4. The van der Waals surface area contributed by atoms with Crippen LogP contribution >= 0.6 is 0 Å². The van der Waals surface area contributed by atoms with Gasteiger partial charge >= 0.3 is 0 Å². The Morgan fingerprint density at radius 1 is 1.56 bits per heavy atom. The zero-order chi connectivity index (χ0) is 13.4. The van der Waals surface area contributed by atoms with Gasteiger partial charge in [-0.1, -0.05) is 18.2 Å². The lowest BCUT2D eigenvalue weighted by atomic mass is 10.1. The molecule has 1 amide bonds. The molecule has 0 bridgehead atoms. The van der Waals surface area contributed by atoms with Crippen molar-refractivity contribution in [2.24, 2.45) is 0 Å². The van der Waals surface area contributed by atoms with Crippen LogP contribution in [0, 0.1) is 11.3 Å². The monoisotopic (exact) mass is 248 g/mol. The van der Waals surface area contributed by atoms with Gasteiger partial charge in [0.2, 0.25) is 0 Å². The van der Waals surface area contributed by atoms with Crippen molar-refractivity contribution in [3.63, 3.8) is 0 Å². The highest BCUT2D eigenvalue weighted by Gasteiger charge is 2.09. The predicted molar refractivity (Wildman–Crippen MR) is 65.8 cm³/mol. The second-order valence-corrected chi connectivity index (χ2v) is 3.76. The number of benzene rings is 1. The van der Waals surface area contributed by atoms with E-state index >= 15 is 0 Å². The third-order valence-electron chi connectivity index (χ3n) is 2.29. The van der Waals surface area contributed by atoms with Crippen LogP contribution in [0.5, 0.6) is 5.75 Å². The Labute approximate surface area is 106 Å². The number of ether oxygens (including phenoxy) is 1. The number of rotatable bonds is 6. The van der Waals surface area contributed by atoms with Gasteiger partial charge < -0.3 is 15.2 Å². The molecule has 1 aromatic carbocycles. The first-order chi connectivity index (χ1) is 8.65. The van der Waals surface area contributed by atoms with E-state index in [0.717, 1.165) is 0 Å². The average Bonchev–Trinajstić information content (AvgIpc) is 2.37. The van der Waals surface area contributed by atoms with Crippen molar-refractivity contribution in [3.8, 4) is 11.8 Å². The maximum Gasteiger partial charge on any atom is 0.257 e. The van der Waals surface area contributed by atoms with Gasteiger partial charge in [0, 0.05) is 12.1 Å². The molecule has 0 spiro atoms. The van der Waals surface area contributed by atoms with Crippen molar-refractivity contribution in [2.75, 3.05) is 13.2 Å². The van der Waals surface area contributed by atoms with Crippen LogP contribution < -0.4 is 10.1 Å². The van der Waals surface area contributed by atoms with Gasteiger partial charge in [-0.3, -0.25) is 4.79 Å². The van der Waals surface area contributed by atoms with E-state index in [2.05, 4.69) is 5.32 Å². The fourth-order valence-corrected chi connectivity index (χ4v) is 1.41. The minimum atomic E-state index is -0.650. The summed E-state index contributed by atoms with van der Waals surface area (Å²) in [5.74, 6) is 0.202. The highest BCUT2D eigenvalue weighted by molar-refractivity contribution is 5.77. The molecular weight excluding hydrogens is 232 g/mol. The molecule has 5 nitrogen and oxygen atoms in total. The normalized spacial score (nSPS) is 11.4. The molecule has 0 aliphatic carbocycles. The Balaban J connectivity index is 2.48. The molecule has 2 N–H and O–H groups in total. The van der Waals surface area contributed by atoms with Crippen molar-refractivity contribution >= 4 is 5.91 Å². The summed E-state index contributed by atoms with van der Waals surface area (Å²) >= 11 is 0. The van der Waals surface area contributed by atoms with Crippen LogP contribution in [0.3, 0.4) is 0 Å². The maximum absolute atomic E-state index is 11.4. The average molecular weight is 248 g/mol. The second-order valence-electron chi connectivity index (χ2n) is 3.76. The zero-order valence-corrected chi connectivity index (χ0v) is 10.2. The van der Waals surface area contributed by atoms with Crippen molar-refractivity contribution in [3.05, 3.63) is 29.8 Å². The Morgan fingerprint density at radius 2 is 2.28 bits per heavy atom. The van der Waals surface area contributed by atoms with E-state index in [1.807, 2.05) is 6.07 Å². The predicted octanol–water partition coefficient (Wildman–Crippen LogP) is 1.15. The quantitative estimate of drug-likeness (QED) is 0.740. The van der Waals surface area contributed by atoms with E-state index in [0.29, 0.717) is 17.9 Å². The lowest BCUT2D eigenvalue weighted by Crippen LogP contribution is -2.29. The molecule has 0 heterocycles. The first kappa shape index (κ1) is 14.0. The van der Waals surface area contributed by atoms with Crippen LogP contribution in [0.1, 0.15) is 25.0 Å². The molecule has 1 rings (SSSR count). The van der Waals surface area contributed by atoms with Crippen LogP contribution in [0.25, 0.3) is 0 Å². The zero-order valence-electron chi connectivity index (χ0n) is 10.2. The SMILES string of the molecule is CC(O)c1ccccc1OCC(=O)NCCC#N. The molecule has 1 aromatic rings. The fourth-order valence-electron chi connectivity index (χ4n) is 1.41. The molecule has 0 saturated carbocycles. The van der Waals surface area contributed by atoms with Gasteiger partial charge in [-0.2, -0.15) is 5.26 Å². The summed E-state index contributed by atoms with van der Waals surface area (Å²) in [6.07, 6.45) is -0.376. The Morgan fingerprint density at radius 3 is 2.94 bits per heavy atom. The number of hydrogen-bond acceptors (Lipinski definition) is 4. The number of amides is 1. The van der Waals surface area contributed by atoms with Gasteiger partial charge in [0.15, 0.2) is 6.61 Å². The van der Waals surface area contributed by atoms with Gasteiger partial charge in [0.1, 0.15) is 5.75 Å². The summed E-state index contributed by atoms with van der Waals surface area (Å²) in [7, 11) is 0. The van der Waals surface area contributed by atoms with E-state index in [9.17, 15) is 9.90 Å². The molecule has 18 heavy (non-hydrogen) atoms. The lowest BCUT2D eigenvalue weighted by molar-refractivity contribution is -0.123. The number of nitrogens with zero attached hydrogens (tertiary/aromatic N) is 1. The first-order valence-corrected chi connectivity index (χ1v) is 5.68. The minimum absolute atomic E-state index is 0.130. The van der Waals surface area contributed by atoms with E-state index in [4.69, 9.17) is 10.00 Å². The van der Waals surface area contributed by atoms with E-state index in [1.165, 1.54) is 0 Å². The van der Waals surface area contributed by atoms with Crippen LogP contribution in [0.15, 0.2) is 24.3 Å². The first-order valence-electron chi connectivity index (χ1n) is 5.68. The number of aliphatic hydroxyl groups excluding tert-OH is 1. The third-order valence-corrected chi connectivity index (χ3v) is 2.29. The Bertz CT molecular complexity index is 438. The molecule has 0 aliphatic heterocycles. The number of carbonyl (C=O) groups excluding carboxylic acids is 1. The molecule has 96 valence electrons. The van der Waals surface area contributed by atoms with Gasteiger partial charge in [-0.05, 0) is 13.0 Å². The summed E-state index contributed by atoms with van der Waals surface area (Å²) in [5.41, 5.74) is 0.641. The lowest BCUT2D eigenvalue weighted by Gasteiger charge is -2.12. The van der Waals surface area contributed by atoms with Crippen molar-refractivity contribution < 1.29 is 14.6 Å². The molecule has 1 unspecified atom stereocenters. The Kier molecular flexibility index (Phi) is 5.68. The number of para-hydroxylation sites is 1. The van der Waals surface area contributed by atoms with Crippen LogP contribution in [-0.2, 0) is 4.79 Å². The van der Waals surface area contributed by atoms with Gasteiger partial charge in [0.25, 0.3) is 5.91 Å². The molecule has 0 saturated heterocycles. The molecule has 0 aromatic heterocycles. The van der Waals surface area contributed by atoms with E-state index in [1.54, 1.807) is 31.2 Å². The Hall–Kier alpha value is -2.06.